The van der Waals surface area contributed by atoms with Crippen molar-refractivity contribution in [3.05, 3.63) is 18.2 Å². The maximum atomic E-state index is 12.4. The molecule has 0 radical (unpaired) electrons. The lowest BCUT2D eigenvalue weighted by Gasteiger charge is -2.20. The van der Waals surface area contributed by atoms with Gasteiger partial charge in [-0.05, 0) is 44.4 Å². The van der Waals surface area contributed by atoms with Crippen molar-refractivity contribution in [2.45, 2.75) is 51.3 Å². The third-order valence-electron chi connectivity index (χ3n) is 5.17. The van der Waals surface area contributed by atoms with Gasteiger partial charge in [-0.3, -0.25) is 4.79 Å². The minimum atomic E-state index is -0.0953. The van der Waals surface area contributed by atoms with Gasteiger partial charge in [-0.15, -0.1) is 0 Å². The lowest BCUT2D eigenvalue weighted by Crippen LogP contribution is -2.38. The van der Waals surface area contributed by atoms with Crippen LogP contribution in [0.15, 0.2) is 12.4 Å². The summed E-state index contributed by atoms with van der Waals surface area (Å²) < 4.78 is 7.94. The van der Waals surface area contributed by atoms with E-state index >= 15 is 0 Å². The van der Waals surface area contributed by atoms with Gasteiger partial charge in [-0.25, -0.2) is 4.98 Å². The van der Waals surface area contributed by atoms with Gasteiger partial charge in [0.05, 0.1) is 6.04 Å². The van der Waals surface area contributed by atoms with E-state index in [0.717, 1.165) is 31.1 Å². The van der Waals surface area contributed by atoms with E-state index in [-0.39, 0.29) is 24.0 Å². The molecule has 5 nitrogen and oxygen atoms in total. The van der Waals surface area contributed by atoms with Gasteiger partial charge in [0.2, 0.25) is 5.91 Å². The van der Waals surface area contributed by atoms with Gasteiger partial charge in [-0.2, -0.15) is 0 Å². The summed E-state index contributed by atoms with van der Waals surface area (Å²) in [5, 5.41) is 3.23. The Morgan fingerprint density at radius 3 is 3.10 bits per heavy atom. The van der Waals surface area contributed by atoms with Gasteiger partial charge < -0.3 is 14.6 Å². The van der Waals surface area contributed by atoms with Crippen LogP contribution in [-0.2, 0) is 16.1 Å². The Morgan fingerprint density at radius 2 is 2.33 bits per heavy atom. The van der Waals surface area contributed by atoms with Crippen molar-refractivity contribution < 1.29 is 9.53 Å². The summed E-state index contributed by atoms with van der Waals surface area (Å²) in [5.74, 6) is 2.96. The number of ether oxygens (including phenoxy) is 1. The van der Waals surface area contributed by atoms with Crippen LogP contribution in [0.4, 0.5) is 0 Å². The molecule has 1 amide bonds. The summed E-state index contributed by atoms with van der Waals surface area (Å²) >= 11 is 0. The van der Waals surface area contributed by atoms with Gasteiger partial charge in [0.1, 0.15) is 11.9 Å². The molecular formula is C16H23N3O2. The molecule has 0 bridgehead atoms. The van der Waals surface area contributed by atoms with Crippen molar-refractivity contribution in [1.29, 1.82) is 0 Å². The summed E-state index contributed by atoms with van der Waals surface area (Å²) in [4.78, 5) is 16.8. The number of carbonyl (C=O) groups excluding carboxylic acids is 1. The number of hydrogen-bond acceptors (Lipinski definition) is 3. The molecule has 3 aliphatic rings. The van der Waals surface area contributed by atoms with Gasteiger partial charge in [0.25, 0.3) is 0 Å². The van der Waals surface area contributed by atoms with Crippen LogP contribution < -0.4 is 5.32 Å². The fourth-order valence-electron chi connectivity index (χ4n) is 3.69. The molecule has 0 aromatic carbocycles. The van der Waals surface area contributed by atoms with Crippen molar-refractivity contribution in [3.63, 3.8) is 0 Å². The van der Waals surface area contributed by atoms with E-state index in [1.54, 1.807) is 0 Å². The molecule has 21 heavy (non-hydrogen) atoms. The topological polar surface area (TPSA) is 56.1 Å². The third kappa shape index (κ3) is 2.48. The zero-order chi connectivity index (χ0) is 14.4. The number of amides is 1. The van der Waals surface area contributed by atoms with E-state index in [4.69, 9.17) is 4.74 Å². The number of aromatic nitrogens is 2. The Bertz CT molecular complexity index is 537. The molecule has 1 aromatic rings. The second-order valence-electron chi connectivity index (χ2n) is 6.61. The smallest absolute Gasteiger partial charge is 0.223 e. The van der Waals surface area contributed by atoms with Crippen molar-refractivity contribution >= 4 is 5.91 Å². The van der Waals surface area contributed by atoms with Crippen molar-refractivity contribution in [2.24, 2.45) is 17.8 Å². The highest BCUT2D eigenvalue weighted by atomic mass is 16.5. The van der Waals surface area contributed by atoms with Crippen LogP contribution in [0.5, 0.6) is 0 Å². The van der Waals surface area contributed by atoms with Gasteiger partial charge >= 0.3 is 0 Å². The van der Waals surface area contributed by atoms with E-state index in [2.05, 4.69) is 21.8 Å². The van der Waals surface area contributed by atoms with Crippen LogP contribution in [0, 0.1) is 17.8 Å². The molecule has 2 saturated carbocycles. The van der Waals surface area contributed by atoms with Crippen molar-refractivity contribution in [2.75, 3.05) is 6.61 Å². The van der Waals surface area contributed by atoms with Crippen LogP contribution >= 0.6 is 0 Å². The summed E-state index contributed by atoms with van der Waals surface area (Å²) in [7, 11) is 0. The Hall–Kier alpha value is -1.36. The van der Waals surface area contributed by atoms with E-state index in [0.29, 0.717) is 12.5 Å². The fraction of sp³-hybridized carbons (Fsp3) is 0.750. The maximum absolute atomic E-state index is 12.4. The van der Waals surface area contributed by atoms with E-state index in [1.807, 2.05) is 12.4 Å². The molecule has 2 heterocycles. The monoisotopic (exact) mass is 289 g/mol. The molecule has 3 fully saturated rings. The number of nitrogens with zero attached hydrogens (tertiary/aromatic N) is 2. The summed E-state index contributed by atoms with van der Waals surface area (Å²) in [6.45, 7) is 3.67. The van der Waals surface area contributed by atoms with E-state index < -0.39 is 0 Å². The van der Waals surface area contributed by atoms with Gasteiger partial charge in [0, 0.05) is 31.5 Å². The predicted molar refractivity (Wildman–Crippen MR) is 77.5 cm³/mol. The maximum Gasteiger partial charge on any atom is 0.223 e. The lowest BCUT2D eigenvalue weighted by molar-refractivity contribution is -0.123. The Morgan fingerprint density at radius 1 is 1.48 bits per heavy atom. The average molecular weight is 289 g/mol. The molecule has 2 aliphatic carbocycles. The van der Waals surface area contributed by atoms with Gasteiger partial charge in [0.15, 0.2) is 0 Å². The molecule has 0 unspecified atom stereocenters. The van der Waals surface area contributed by atoms with Crippen molar-refractivity contribution in [3.8, 4) is 0 Å². The molecule has 1 aliphatic heterocycles. The fourth-order valence-corrected chi connectivity index (χ4v) is 3.69. The molecule has 1 aromatic heterocycles. The normalized spacial score (nSPS) is 34.9. The van der Waals surface area contributed by atoms with E-state index in [1.165, 1.54) is 12.8 Å². The number of carbonyl (C=O) groups is 1. The Labute approximate surface area is 125 Å². The zero-order valence-electron chi connectivity index (χ0n) is 12.5. The van der Waals surface area contributed by atoms with Crippen LogP contribution in [0.25, 0.3) is 0 Å². The van der Waals surface area contributed by atoms with E-state index in [9.17, 15) is 4.79 Å². The highest BCUT2D eigenvalue weighted by Crippen LogP contribution is 2.54. The summed E-state index contributed by atoms with van der Waals surface area (Å²) in [5.41, 5.74) is 0. The van der Waals surface area contributed by atoms with Gasteiger partial charge in [-0.1, -0.05) is 0 Å². The third-order valence-corrected chi connectivity index (χ3v) is 5.17. The molecular weight excluding hydrogens is 266 g/mol. The summed E-state index contributed by atoms with van der Waals surface area (Å²) in [6.07, 6.45) is 8.33. The zero-order valence-corrected chi connectivity index (χ0v) is 12.5. The minimum Gasteiger partial charge on any atom is -0.368 e. The average Bonchev–Trinajstić information content (AvgIpc) is 3.37. The molecule has 114 valence electrons. The standard InChI is InChI=1S/C16H23N3O2/c1-2-19-7-6-17-15(19)14-13(5-8-21-14)18-16(20)12-9-11(12)10-3-4-10/h6-7,10-14H,2-5,8-9H2,1H3,(H,18,20)/t11-,12-,13+,14+/m1/s1. The van der Waals surface area contributed by atoms with Crippen LogP contribution in [0.2, 0.25) is 0 Å². The molecule has 1 N–H and O–H groups in total. The first kappa shape index (κ1) is 13.3. The summed E-state index contributed by atoms with van der Waals surface area (Å²) in [6, 6.07) is 0.0747. The first-order valence-electron chi connectivity index (χ1n) is 8.21. The second-order valence-corrected chi connectivity index (χ2v) is 6.61. The van der Waals surface area contributed by atoms with Crippen LogP contribution in [0.1, 0.15) is 44.5 Å². The predicted octanol–water partition coefficient (Wildman–Crippen LogP) is 1.90. The van der Waals surface area contributed by atoms with Crippen LogP contribution in [0.3, 0.4) is 0 Å². The first-order valence-corrected chi connectivity index (χ1v) is 8.21. The lowest BCUT2D eigenvalue weighted by atomic mass is 10.1. The number of aryl methyl sites for hydroxylation is 1. The molecule has 1 saturated heterocycles. The number of rotatable bonds is 5. The number of nitrogens with one attached hydrogen (secondary N) is 1. The Kier molecular flexibility index (Phi) is 3.25. The van der Waals surface area contributed by atoms with Crippen molar-refractivity contribution in [1.82, 2.24) is 14.9 Å². The highest BCUT2D eigenvalue weighted by Gasteiger charge is 2.51. The first-order chi connectivity index (χ1) is 10.3. The Balaban J connectivity index is 1.41. The SMILES string of the molecule is CCn1ccnc1[C@H]1OCC[C@@H]1NC(=O)[C@@H]1C[C@@H]1C1CC1. The quantitative estimate of drug-likeness (QED) is 0.900. The molecule has 4 atom stereocenters. The number of imidazole rings is 1. The highest BCUT2D eigenvalue weighted by molar-refractivity contribution is 5.82. The minimum absolute atomic E-state index is 0.0747. The number of hydrogen-bond donors (Lipinski definition) is 1. The van der Waals surface area contributed by atoms with Crippen LogP contribution in [-0.4, -0.2) is 28.1 Å². The molecule has 4 rings (SSSR count). The largest absolute Gasteiger partial charge is 0.368 e. The second kappa shape index (κ2) is 5.13. The molecule has 0 spiro atoms. The molecule has 5 heteroatoms.